The minimum absolute atomic E-state index is 0.111. The Kier molecular flexibility index (Phi) is 4.94. The number of likely N-dealkylation sites (tertiary alicyclic amines) is 1. The molecule has 1 saturated heterocycles. The molecule has 0 radical (unpaired) electrons. The van der Waals surface area contributed by atoms with Crippen LogP contribution in [0.3, 0.4) is 0 Å². The molecule has 1 amide bonds. The highest BCUT2D eigenvalue weighted by Crippen LogP contribution is 2.17. The number of carbonyl (C=O) groups excluding carboxylic acids is 1. The normalized spacial score (nSPS) is 16.3. The van der Waals surface area contributed by atoms with Gasteiger partial charge in [-0.25, -0.2) is 8.78 Å². The van der Waals surface area contributed by atoms with Crippen LogP contribution in [0.2, 0.25) is 0 Å². The summed E-state index contributed by atoms with van der Waals surface area (Å²) in [5, 5.41) is 3.03. The Balaban J connectivity index is 1.49. The van der Waals surface area contributed by atoms with Gasteiger partial charge in [-0.2, -0.15) is 0 Å². The molecule has 3 rings (SSSR count). The molecule has 2 aromatic rings. The Bertz CT molecular complexity index is 722. The highest BCUT2D eigenvalue weighted by Gasteiger charge is 2.22. The van der Waals surface area contributed by atoms with Crippen molar-refractivity contribution in [2.75, 3.05) is 13.1 Å². The van der Waals surface area contributed by atoms with Crippen LogP contribution in [0.5, 0.6) is 0 Å². The monoisotopic (exact) mass is 334 g/mol. The summed E-state index contributed by atoms with van der Waals surface area (Å²) in [5.41, 5.74) is 1.32. The molecule has 1 aliphatic heterocycles. The number of piperidine rings is 1. The standard InChI is InChI=1S/C18H20F2N2O2/c1-12-15(6-9-24-12)18(23)21-14-4-7-22(8-5-14)11-13-2-3-16(19)17(20)10-13/h2-3,6,9-10,14H,4-5,7-8,11H2,1H3,(H,21,23). The first-order valence-corrected chi connectivity index (χ1v) is 8.04. The summed E-state index contributed by atoms with van der Waals surface area (Å²) in [6.45, 7) is 3.95. The van der Waals surface area contributed by atoms with Gasteiger partial charge in [-0.05, 0) is 43.5 Å². The summed E-state index contributed by atoms with van der Waals surface area (Å²) in [6.07, 6.45) is 3.16. The number of halogens is 2. The van der Waals surface area contributed by atoms with Gasteiger partial charge in [-0.15, -0.1) is 0 Å². The minimum Gasteiger partial charge on any atom is -0.469 e. The molecule has 128 valence electrons. The van der Waals surface area contributed by atoms with Crippen molar-refractivity contribution in [3.8, 4) is 0 Å². The number of benzene rings is 1. The summed E-state index contributed by atoms with van der Waals surface area (Å²) in [7, 11) is 0. The summed E-state index contributed by atoms with van der Waals surface area (Å²) >= 11 is 0. The molecule has 24 heavy (non-hydrogen) atoms. The van der Waals surface area contributed by atoms with Gasteiger partial charge < -0.3 is 9.73 Å². The number of furan rings is 1. The maximum atomic E-state index is 13.3. The van der Waals surface area contributed by atoms with Crippen molar-refractivity contribution < 1.29 is 18.0 Å². The number of nitrogens with one attached hydrogen (secondary N) is 1. The molecule has 1 aliphatic rings. The van der Waals surface area contributed by atoms with E-state index < -0.39 is 11.6 Å². The fourth-order valence-corrected chi connectivity index (χ4v) is 3.02. The van der Waals surface area contributed by atoms with Crippen LogP contribution in [0.1, 0.15) is 34.5 Å². The van der Waals surface area contributed by atoms with E-state index in [1.54, 1.807) is 19.1 Å². The van der Waals surface area contributed by atoms with Crippen molar-refractivity contribution in [3.05, 3.63) is 59.1 Å². The lowest BCUT2D eigenvalue weighted by atomic mass is 10.0. The van der Waals surface area contributed by atoms with Crippen LogP contribution in [-0.4, -0.2) is 29.9 Å². The van der Waals surface area contributed by atoms with Crippen molar-refractivity contribution in [2.24, 2.45) is 0 Å². The molecule has 1 fully saturated rings. The molecule has 0 spiro atoms. The summed E-state index contributed by atoms with van der Waals surface area (Å²) in [5.74, 6) is -1.14. The second-order valence-electron chi connectivity index (χ2n) is 6.16. The van der Waals surface area contributed by atoms with E-state index in [-0.39, 0.29) is 11.9 Å². The van der Waals surface area contributed by atoms with Crippen molar-refractivity contribution >= 4 is 5.91 Å². The number of aryl methyl sites for hydroxylation is 1. The van der Waals surface area contributed by atoms with Crippen LogP contribution < -0.4 is 5.32 Å². The van der Waals surface area contributed by atoms with Gasteiger partial charge >= 0.3 is 0 Å². The molecular formula is C18H20F2N2O2. The fourth-order valence-electron chi connectivity index (χ4n) is 3.02. The quantitative estimate of drug-likeness (QED) is 0.933. The van der Waals surface area contributed by atoms with E-state index in [1.807, 2.05) is 0 Å². The van der Waals surface area contributed by atoms with E-state index in [0.29, 0.717) is 17.9 Å². The second-order valence-corrected chi connectivity index (χ2v) is 6.16. The van der Waals surface area contributed by atoms with Crippen LogP contribution in [0.15, 0.2) is 34.9 Å². The lowest BCUT2D eigenvalue weighted by Gasteiger charge is -2.32. The smallest absolute Gasteiger partial charge is 0.255 e. The maximum absolute atomic E-state index is 13.3. The van der Waals surface area contributed by atoms with E-state index in [0.717, 1.165) is 37.6 Å². The van der Waals surface area contributed by atoms with E-state index in [9.17, 15) is 13.6 Å². The SMILES string of the molecule is Cc1occc1C(=O)NC1CCN(Cc2ccc(F)c(F)c2)CC1. The number of hydrogen-bond acceptors (Lipinski definition) is 3. The third-order valence-corrected chi connectivity index (χ3v) is 4.42. The summed E-state index contributed by atoms with van der Waals surface area (Å²) in [4.78, 5) is 14.4. The fraction of sp³-hybridized carbons (Fsp3) is 0.389. The number of carbonyl (C=O) groups is 1. The Morgan fingerprint density at radius 1 is 1.25 bits per heavy atom. The van der Waals surface area contributed by atoms with Crippen molar-refractivity contribution in [1.82, 2.24) is 10.2 Å². The molecular weight excluding hydrogens is 314 g/mol. The van der Waals surface area contributed by atoms with Gasteiger partial charge in [0.15, 0.2) is 11.6 Å². The zero-order chi connectivity index (χ0) is 17.1. The van der Waals surface area contributed by atoms with E-state index in [1.165, 1.54) is 12.3 Å². The molecule has 1 aromatic carbocycles. The van der Waals surface area contributed by atoms with E-state index >= 15 is 0 Å². The highest BCUT2D eigenvalue weighted by atomic mass is 19.2. The third-order valence-electron chi connectivity index (χ3n) is 4.42. The molecule has 0 aliphatic carbocycles. The first-order chi connectivity index (χ1) is 11.5. The molecule has 1 aromatic heterocycles. The van der Waals surface area contributed by atoms with Crippen LogP contribution >= 0.6 is 0 Å². The van der Waals surface area contributed by atoms with Crippen molar-refractivity contribution in [3.63, 3.8) is 0 Å². The van der Waals surface area contributed by atoms with Crippen molar-refractivity contribution in [2.45, 2.75) is 32.4 Å². The van der Waals surface area contributed by atoms with E-state index in [2.05, 4.69) is 10.2 Å². The molecule has 0 unspecified atom stereocenters. The molecule has 4 nitrogen and oxygen atoms in total. The lowest BCUT2D eigenvalue weighted by Crippen LogP contribution is -2.44. The van der Waals surface area contributed by atoms with Crippen molar-refractivity contribution in [1.29, 1.82) is 0 Å². The van der Waals surface area contributed by atoms with Gasteiger partial charge in [0.2, 0.25) is 0 Å². The molecule has 0 saturated carbocycles. The van der Waals surface area contributed by atoms with Gasteiger partial charge in [0.1, 0.15) is 5.76 Å². The molecule has 0 atom stereocenters. The Morgan fingerprint density at radius 3 is 2.62 bits per heavy atom. The Hall–Kier alpha value is -2.21. The predicted molar refractivity (Wildman–Crippen MR) is 85.6 cm³/mol. The van der Waals surface area contributed by atoms with Crippen LogP contribution in [0.25, 0.3) is 0 Å². The van der Waals surface area contributed by atoms with Crippen LogP contribution in [0, 0.1) is 18.6 Å². The van der Waals surface area contributed by atoms with Gasteiger partial charge in [0.05, 0.1) is 11.8 Å². The zero-order valence-electron chi connectivity index (χ0n) is 13.5. The van der Waals surface area contributed by atoms with Crippen LogP contribution in [0.4, 0.5) is 8.78 Å². The van der Waals surface area contributed by atoms with Gasteiger partial charge in [0, 0.05) is 25.7 Å². The highest BCUT2D eigenvalue weighted by molar-refractivity contribution is 5.95. The first kappa shape index (κ1) is 16.6. The Labute approximate surface area is 139 Å². The topological polar surface area (TPSA) is 45.5 Å². The number of nitrogens with zero attached hydrogens (tertiary/aromatic N) is 1. The Morgan fingerprint density at radius 2 is 2.00 bits per heavy atom. The average Bonchev–Trinajstić information content (AvgIpc) is 2.99. The third kappa shape index (κ3) is 3.82. The molecule has 6 heteroatoms. The van der Waals surface area contributed by atoms with Gasteiger partial charge in [-0.3, -0.25) is 9.69 Å². The molecule has 2 heterocycles. The predicted octanol–water partition coefficient (Wildman–Crippen LogP) is 3.26. The van der Waals surface area contributed by atoms with Gasteiger partial charge in [0.25, 0.3) is 5.91 Å². The first-order valence-electron chi connectivity index (χ1n) is 8.04. The molecule has 0 bridgehead atoms. The number of rotatable bonds is 4. The average molecular weight is 334 g/mol. The van der Waals surface area contributed by atoms with Crippen LogP contribution in [-0.2, 0) is 6.54 Å². The van der Waals surface area contributed by atoms with Gasteiger partial charge in [-0.1, -0.05) is 6.07 Å². The minimum atomic E-state index is -0.824. The molecule has 1 N–H and O–H groups in total. The second kappa shape index (κ2) is 7.13. The maximum Gasteiger partial charge on any atom is 0.255 e. The zero-order valence-corrected chi connectivity index (χ0v) is 13.5. The number of amides is 1. The summed E-state index contributed by atoms with van der Waals surface area (Å²) in [6, 6.07) is 5.79. The lowest BCUT2D eigenvalue weighted by molar-refractivity contribution is 0.0907. The largest absolute Gasteiger partial charge is 0.469 e. The summed E-state index contributed by atoms with van der Waals surface area (Å²) < 4.78 is 31.4. The number of hydrogen-bond donors (Lipinski definition) is 1. The van der Waals surface area contributed by atoms with E-state index in [4.69, 9.17) is 4.42 Å².